The van der Waals surface area contributed by atoms with Crippen molar-refractivity contribution >= 4 is 32.9 Å². The number of benzene rings is 1. The van der Waals surface area contributed by atoms with Crippen LogP contribution in [-0.2, 0) is 10.1 Å². The molecule has 0 spiro atoms. The third-order valence-corrected chi connectivity index (χ3v) is 3.05. The molecule has 94 valence electrons. The Morgan fingerprint density at radius 1 is 1.39 bits per heavy atom. The summed E-state index contributed by atoms with van der Waals surface area (Å²) in [4.78, 5) is 22.7. The summed E-state index contributed by atoms with van der Waals surface area (Å²) >= 11 is 3.22. The summed E-state index contributed by atoms with van der Waals surface area (Å²) < 4.78 is 10.2. The Balaban J connectivity index is 2.46. The lowest BCUT2D eigenvalue weighted by Gasteiger charge is -2.04. The second-order valence-corrected chi connectivity index (χ2v) is 4.28. The van der Waals surface area contributed by atoms with Gasteiger partial charge in [0, 0.05) is 28.8 Å². The van der Waals surface area contributed by atoms with Crippen LogP contribution in [0.3, 0.4) is 0 Å². The maximum atomic E-state index is 11.5. The molecule has 1 aromatic heterocycles. The van der Waals surface area contributed by atoms with Gasteiger partial charge in [0.15, 0.2) is 0 Å². The van der Waals surface area contributed by atoms with E-state index in [2.05, 4.69) is 15.9 Å². The number of esters is 1. The van der Waals surface area contributed by atoms with E-state index in [1.165, 1.54) is 0 Å². The molecular formula is C13H11BrO4. The molecule has 0 N–H and O–H groups in total. The summed E-state index contributed by atoms with van der Waals surface area (Å²) in [7, 11) is 0. The Hall–Kier alpha value is -1.62. The molecule has 18 heavy (non-hydrogen) atoms. The van der Waals surface area contributed by atoms with E-state index in [4.69, 9.17) is 9.15 Å². The first-order valence-corrected chi connectivity index (χ1v) is 6.59. The van der Waals surface area contributed by atoms with Crippen molar-refractivity contribution in [2.75, 3.05) is 0 Å². The van der Waals surface area contributed by atoms with Crippen LogP contribution in [0.1, 0.15) is 18.9 Å². The summed E-state index contributed by atoms with van der Waals surface area (Å²) in [6.45, 7) is 1.71. The van der Waals surface area contributed by atoms with Crippen LogP contribution in [0.25, 0.3) is 11.0 Å². The number of fused-ring (bicyclic) bond motifs is 1. The Bertz CT molecular complexity index is 645. The molecule has 0 fully saturated rings. The number of halogens is 1. The molecule has 0 saturated heterocycles. The van der Waals surface area contributed by atoms with Crippen molar-refractivity contribution in [3.63, 3.8) is 0 Å². The second-order valence-electron chi connectivity index (χ2n) is 3.72. The van der Waals surface area contributed by atoms with Gasteiger partial charge in [0.25, 0.3) is 0 Å². The van der Waals surface area contributed by atoms with Gasteiger partial charge in [-0.05, 0) is 18.2 Å². The molecule has 0 radical (unpaired) electrons. The molecule has 0 bridgehead atoms. The lowest BCUT2D eigenvalue weighted by molar-refractivity contribution is -0.134. The summed E-state index contributed by atoms with van der Waals surface area (Å²) in [6.07, 6.45) is 0.296. The molecule has 0 aliphatic rings. The fourth-order valence-corrected chi connectivity index (χ4v) is 1.89. The van der Waals surface area contributed by atoms with Crippen molar-refractivity contribution in [3.8, 4) is 5.75 Å². The molecular weight excluding hydrogens is 300 g/mol. The SMILES string of the molecule is CCC(=O)Oc1ccc2cc(CBr)c(=O)oc2c1. The Labute approximate surface area is 112 Å². The first-order chi connectivity index (χ1) is 8.63. The Morgan fingerprint density at radius 3 is 2.83 bits per heavy atom. The average Bonchev–Trinajstić information content (AvgIpc) is 2.37. The maximum Gasteiger partial charge on any atom is 0.340 e. The fourth-order valence-electron chi connectivity index (χ4n) is 1.49. The molecule has 4 nitrogen and oxygen atoms in total. The molecule has 0 aliphatic carbocycles. The second kappa shape index (κ2) is 5.35. The van der Waals surface area contributed by atoms with Crippen LogP contribution in [0, 0.1) is 0 Å². The number of rotatable bonds is 3. The molecule has 2 aromatic rings. The Kier molecular flexibility index (Phi) is 3.81. The van der Waals surface area contributed by atoms with Gasteiger partial charge in [-0.3, -0.25) is 4.79 Å². The lowest BCUT2D eigenvalue weighted by atomic mass is 10.2. The van der Waals surface area contributed by atoms with E-state index in [1.54, 1.807) is 31.2 Å². The topological polar surface area (TPSA) is 56.5 Å². The fraction of sp³-hybridized carbons (Fsp3) is 0.231. The standard InChI is InChI=1S/C13H11BrO4/c1-2-12(15)17-10-4-3-8-5-9(7-14)13(16)18-11(8)6-10/h3-6H,2,7H2,1H3. The number of carbonyl (C=O) groups excluding carboxylic acids is 1. The molecule has 1 heterocycles. The number of alkyl halides is 1. The third kappa shape index (κ3) is 2.61. The van der Waals surface area contributed by atoms with Gasteiger partial charge in [0.1, 0.15) is 11.3 Å². The highest BCUT2D eigenvalue weighted by molar-refractivity contribution is 9.08. The molecule has 2 rings (SSSR count). The van der Waals surface area contributed by atoms with Crippen LogP contribution < -0.4 is 10.4 Å². The molecule has 5 heteroatoms. The van der Waals surface area contributed by atoms with Crippen molar-refractivity contribution in [3.05, 3.63) is 40.2 Å². The minimum atomic E-state index is -0.390. The van der Waals surface area contributed by atoms with Crippen LogP contribution in [0.15, 0.2) is 33.5 Å². The zero-order chi connectivity index (χ0) is 13.1. The van der Waals surface area contributed by atoms with E-state index >= 15 is 0 Å². The molecule has 0 unspecified atom stereocenters. The lowest BCUT2D eigenvalue weighted by Crippen LogP contribution is -2.06. The van der Waals surface area contributed by atoms with E-state index in [0.29, 0.717) is 28.6 Å². The van der Waals surface area contributed by atoms with Crippen molar-refractivity contribution in [2.24, 2.45) is 0 Å². The van der Waals surface area contributed by atoms with Gasteiger partial charge in [-0.2, -0.15) is 0 Å². The van der Waals surface area contributed by atoms with Gasteiger partial charge >= 0.3 is 11.6 Å². The van der Waals surface area contributed by atoms with Crippen molar-refractivity contribution < 1.29 is 13.9 Å². The number of carbonyl (C=O) groups is 1. The zero-order valence-electron chi connectivity index (χ0n) is 9.73. The number of hydrogen-bond acceptors (Lipinski definition) is 4. The Morgan fingerprint density at radius 2 is 2.17 bits per heavy atom. The van der Waals surface area contributed by atoms with Crippen LogP contribution >= 0.6 is 15.9 Å². The molecule has 1 aromatic carbocycles. The van der Waals surface area contributed by atoms with Gasteiger partial charge in [0.05, 0.1) is 0 Å². The summed E-state index contributed by atoms with van der Waals surface area (Å²) in [5.74, 6) is 0.0536. The van der Waals surface area contributed by atoms with Crippen LogP contribution in [0.4, 0.5) is 0 Å². The summed E-state index contributed by atoms with van der Waals surface area (Å²) in [5, 5.41) is 1.23. The minimum absolute atomic E-state index is 0.296. The average molecular weight is 311 g/mol. The van der Waals surface area contributed by atoms with E-state index in [9.17, 15) is 9.59 Å². The van der Waals surface area contributed by atoms with Crippen LogP contribution in [-0.4, -0.2) is 5.97 Å². The third-order valence-electron chi connectivity index (χ3n) is 2.44. The van der Waals surface area contributed by atoms with Gasteiger partial charge < -0.3 is 9.15 Å². The molecule has 0 amide bonds. The van der Waals surface area contributed by atoms with Crippen molar-refractivity contribution in [2.45, 2.75) is 18.7 Å². The largest absolute Gasteiger partial charge is 0.426 e. The van der Waals surface area contributed by atoms with E-state index in [0.717, 1.165) is 5.39 Å². The highest BCUT2D eigenvalue weighted by atomic mass is 79.9. The molecule has 0 aliphatic heterocycles. The number of hydrogen-bond donors (Lipinski definition) is 0. The van der Waals surface area contributed by atoms with Gasteiger partial charge in [0.2, 0.25) is 0 Å². The monoisotopic (exact) mass is 310 g/mol. The van der Waals surface area contributed by atoms with Gasteiger partial charge in [-0.1, -0.05) is 22.9 Å². The van der Waals surface area contributed by atoms with Crippen LogP contribution in [0.5, 0.6) is 5.75 Å². The van der Waals surface area contributed by atoms with E-state index < -0.39 is 5.63 Å². The number of ether oxygens (including phenoxy) is 1. The highest BCUT2D eigenvalue weighted by Crippen LogP contribution is 2.21. The predicted octanol–water partition coefficient (Wildman–Crippen LogP) is 3.00. The van der Waals surface area contributed by atoms with Crippen LogP contribution in [0.2, 0.25) is 0 Å². The predicted molar refractivity (Wildman–Crippen MR) is 71.0 cm³/mol. The van der Waals surface area contributed by atoms with E-state index in [1.807, 2.05) is 0 Å². The molecule has 0 atom stereocenters. The van der Waals surface area contributed by atoms with Gasteiger partial charge in [-0.15, -0.1) is 0 Å². The quantitative estimate of drug-likeness (QED) is 0.378. The van der Waals surface area contributed by atoms with Gasteiger partial charge in [-0.25, -0.2) is 4.79 Å². The smallest absolute Gasteiger partial charge is 0.340 e. The highest BCUT2D eigenvalue weighted by Gasteiger charge is 2.07. The summed E-state index contributed by atoms with van der Waals surface area (Å²) in [5.41, 5.74) is 0.574. The normalized spacial score (nSPS) is 10.6. The first kappa shape index (κ1) is 12.8. The van der Waals surface area contributed by atoms with Crippen molar-refractivity contribution in [1.82, 2.24) is 0 Å². The zero-order valence-corrected chi connectivity index (χ0v) is 11.3. The minimum Gasteiger partial charge on any atom is -0.426 e. The summed E-state index contributed by atoms with van der Waals surface area (Å²) in [6, 6.07) is 6.72. The molecule has 0 saturated carbocycles. The maximum absolute atomic E-state index is 11.5. The first-order valence-electron chi connectivity index (χ1n) is 5.47. The van der Waals surface area contributed by atoms with Crippen molar-refractivity contribution in [1.29, 1.82) is 0 Å². The van der Waals surface area contributed by atoms with E-state index in [-0.39, 0.29) is 5.97 Å².